The molecule has 0 bridgehead atoms. The van der Waals surface area contributed by atoms with Crippen LogP contribution in [0.2, 0.25) is 0 Å². The molecule has 0 saturated heterocycles. The minimum Gasteiger partial charge on any atom is -0.336 e. The van der Waals surface area contributed by atoms with E-state index in [1.165, 1.54) is 0 Å². The largest absolute Gasteiger partial charge is 0.336 e. The van der Waals surface area contributed by atoms with Gasteiger partial charge in [0, 0.05) is 29.0 Å². The first-order valence-corrected chi connectivity index (χ1v) is 11.5. The monoisotopic (exact) mass is 461 g/mol. The molecule has 0 aliphatic rings. The second-order valence-corrected chi connectivity index (χ2v) is 9.06. The summed E-state index contributed by atoms with van der Waals surface area (Å²) in [5.74, 6) is 0.952. The summed E-state index contributed by atoms with van der Waals surface area (Å²) < 4.78 is 0. The second-order valence-electron chi connectivity index (χ2n) is 9.06. The molecule has 0 fully saturated rings. The van der Waals surface area contributed by atoms with Gasteiger partial charge in [0.25, 0.3) is 0 Å². The van der Waals surface area contributed by atoms with E-state index in [0.29, 0.717) is 23.9 Å². The maximum atomic E-state index is 12.2. The van der Waals surface area contributed by atoms with E-state index in [4.69, 9.17) is 4.98 Å². The van der Waals surface area contributed by atoms with Crippen LogP contribution in [0.15, 0.2) is 67.1 Å². The Labute approximate surface area is 200 Å². The number of para-hydroxylation sites is 1. The zero-order chi connectivity index (χ0) is 23.9. The molecule has 0 radical (unpaired) electrons. The fraction of sp³-hybridized carbons (Fsp3) is 0.148. The summed E-state index contributed by atoms with van der Waals surface area (Å²) in [4.78, 5) is 29.3. The van der Waals surface area contributed by atoms with Gasteiger partial charge in [0.2, 0.25) is 5.91 Å². The smallest absolute Gasteiger partial charge is 0.224 e. The molecule has 0 aliphatic carbocycles. The number of nitrogens with zero attached hydrogens (tertiary/aromatic N) is 4. The molecule has 3 N–H and O–H groups in total. The molecule has 0 atom stereocenters. The highest BCUT2D eigenvalue weighted by Gasteiger charge is 2.15. The van der Waals surface area contributed by atoms with E-state index in [1.54, 1.807) is 18.6 Å². The molecule has 8 nitrogen and oxygen atoms in total. The fourth-order valence-electron chi connectivity index (χ4n) is 4.35. The molecule has 4 heterocycles. The van der Waals surface area contributed by atoms with Crippen LogP contribution >= 0.6 is 0 Å². The molecule has 8 heteroatoms. The van der Waals surface area contributed by atoms with Crippen molar-refractivity contribution in [2.75, 3.05) is 5.32 Å². The molecule has 1 amide bonds. The number of rotatable bonds is 5. The van der Waals surface area contributed by atoms with E-state index in [0.717, 1.165) is 49.7 Å². The van der Waals surface area contributed by atoms with E-state index in [-0.39, 0.29) is 5.91 Å². The number of benzene rings is 2. The number of aromatic amines is 2. The predicted molar refractivity (Wildman–Crippen MR) is 138 cm³/mol. The van der Waals surface area contributed by atoms with Gasteiger partial charge >= 0.3 is 0 Å². The normalized spacial score (nSPS) is 11.6. The molecule has 4 aromatic heterocycles. The van der Waals surface area contributed by atoms with Crippen molar-refractivity contribution in [3.8, 4) is 22.6 Å². The van der Waals surface area contributed by atoms with Gasteiger partial charge in [-0.3, -0.25) is 19.9 Å². The van der Waals surface area contributed by atoms with Crippen molar-refractivity contribution in [2.24, 2.45) is 5.92 Å². The van der Waals surface area contributed by atoms with Crippen molar-refractivity contribution in [1.29, 1.82) is 0 Å². The number of carbonyl (C=O) groups excluding carboxylic acids is 1. The van der Waals surface area contributed by atoms with Crippen LogP contribution < -0.4 is 5.32 Å². The van der Waals surface area contributed by atoms with Gasteiger partial charge in [0.05, 0.1) is 34.6 Å². The van der Waals surface area contributed by atoms with Crippen LogP contribution in [0.25, 0.3) is 55.5 Å². The number of carbonyl (C=O) groups is 1. The third-order valence-corrected chi connectivity index (χ3v) is 5.97. The van der Waals surface area contributed by atoms with Gasteiger partial charge in [-0.2, -0.15) is 5.10 Å². The highest BCUT2D eigenvalue weighted by Crippen LogP contribution is 2.32. The first-order valence-electron chi connectivity index (χ1n) is 11.5. The van der Waals surface area contributed by atoms with Gasteiger partial charge in [-0.25, -0.2) is 4.98 Å². The van der Waals surface area contributed by atoms with Crippen LogP contribution in [0.3, 0.4) is 0 Å². The summed E-state index contributed by atoms with van der Waals surface area (Å²) in [6, 6.07) is 16.0. The van der Waals surface area contributed by atoms with Crippen LogP contribution in [0, 0.1) is 5.92 Å². The second kappa shape index (κ2) is 8.32. The van der Waals surface area contributed by atoms with E-state index >= 15 is 0 Å². The Morgan fingerprint density at radius 3 is 2.74 bits per heavy atom. The van der Waals surface area contributed by atoms with Gasteiger partial charge < -0.3 is 10.3 Å². The molecular weight excluding hydrogens is 438 g/mol. The Hall–Kier alpha value is -4.59. The summed E-state index contributed by atoms with van der Waals surface area (Å²) in [6.45, 7) is 4.04. The van der Waals surface area contributed by atoms with E-state index in [1.807, 2.05) is 56.3 Å². The average Bonchev–Trinajstić information content (AvgIpc) is 3.47. The number of pyridine rings is 2. The minimum absolute atomic E-state index is 0.0153. The fourth-order valence-corrected chi connectivity index (χ4v) is 4.35. The Morgan fingerprint density at radius 1 is 0.971 bits per heavy atom. The van der Waals surface area contributed by atoms with E-state index in [2.05, 4.69) is 36.5 Å². The zero-order valence-corrected chi connectivity index (χ0v) is 19.3. The summed E-state index contributed by atoms with van der Waals surface area (Å²) in [7, 11) is 0. The molecule has 0 saturated carbocycles. The Kier molecular flexibility index (Phi) is 4.99. The first-order chi connectivity index (χ1) is 17.0. The highest BCUT2D eigenvalue weighted by molar-refractivity contribution is 6.04. The van der Waals surface area contributed by atoms with Crippen LogP contribution in [0.1, 0.15) is 20.3 Å². The molecule has 0 aliphatic heterocycles. The lowest BCUT2D eigenvalue weighted by atomic mass is 10.0. The Morgan fingerprint density at radius 2 is 1.86 bits per heavy atom. The van der Waals surface area contributed by atoms with Crippen LogP contribution in [0.5, 0.6) is 0 Å². The van der Waals surface area contributed by atoms with Gasteiger partial charge in [-0.05, 0) is 35.7 Å². The average molecular weight is 462 g/mol. The lowest BCUT2D eigenvalue weighted by molar-refractivity contribution is -0.116. The highest BCUT2D eigenvalue weighted by atomic mass is 16.1. The molecule has 0 spiro atoms. The minimum atomic E-state index is -0.0153. The topological polar surface area (TPSA) is 112 Å². The van der Waals surface area contributed by atoms with Crippen molar-refractivity contribution in [3.05, 3.63) is 67.1 Å². The summed E-state index contributed by atoms with van der Waals surface area (Å²) in [5.41, 5.74) is 6.83. The number of hydrogen-bond donors (Lipinski definition) is 3. The lowest BCUT2D eigenvalue weighted by Crippen LogP contribution is -2.13. The van der Waals surface area contributed by atoms with Crippen molar-refractivity contribution in [3.63, 3.8) is 0 Å². The van der Waals surface area contributed by atoms with Gasteiger partial charge in [-0.1, -0.05) is 38.1 Å². The molecule has 172 valence electrons. The first kappa shape index (κ1) is 21.0. The van der Waals surface area contributed by atoms with Crippen molar-refractivity contribution >= 4 is 44.4 Å². The van der Waals surface area contributed by atoms with Crippen LogP contribution in [0.4, 0.5) is 5.69 Å². The van der Waals surface area contributed by atoms with Crippen molar-refractivity contribution in [1.82, 2.24) is 30.1 Å². The van der Waals surface area contributed by atoms with Crippen molar-refractivity contribution in [2.45, 2.75) is 20.3 Å². The molecule has 2 aromatic carbocycles. The predicted octanol–water partition coefficient (Wildman–Crippen LogP) is 5.70. The molecular formula is C27H23N7O. The third-order valence-electron chi connectivity index (χ3n) is 5.97. The van der Waals surface area contributed by atoms with Gasteiger partial charge in [0.1, 0.15) is 11.2 Å². The number of amides is 1. The Balaban J connectivity index is 1.39. The summed E-state index contributed by atoms with van der Waals surface area (Å²) >= 11 is 0. The van der Waals surface area contributed by atoms with E-state index < -0.39 is 0 Å². The summed E-state index contributed by atoms with van der Waals surface area (Å²) in [6.07, 6.45) is 5.70. The van der Waals surface area contributed by atoms with Gasteiger partial charge in [-0.15, -0.1) is 0 Å². The quantitative estimate of drug-likeness (QED) is 0.305. The number of fused-ring (bicyclic) bond motifs is 4. The lowest BCUT2D eigenvalue weighted by Gasteiger charge is -2.09. The summed E-state index contributed by atoms with van der Waals surface area (Å²) in [5, 5.41) is 12.6. The maximum Gasteiger partial charge on any atom is 0.224 e. The molecule has 0 unspecified atom stereocenters. The number of imidazole rings is 1. The van der Waals surface area contributed by atoms with Crippen LogP contribution in [-0.4, -0.2) is 36.0 Å². The van der Waals surface area contributed by atoms with Crippen LogP contribution in [-0.2, 0) is 4.79 Å². The number of nitrogens with one attached hydrogen (secondary N) is 3. The number of anilines is 1. The number of H-pyrrole nitrogens is 2. The SMILES string of the molecule is CC(C)CC(=O)Nc1cncc(-c2ccc3[nH]nc(-c4nc5cnc6ccccc6c5[nH]4)c3c2)c1. The standard InChI is InChI=1S/C27H23N7O/c1-15(2)9-24(35)30-18-10-17(12-28-13-18)16-7-8-22-20(11-16)26(34-33-22)27-31-23-14-29-21-6-4-3-5-19(21)25(23)32-27/h3-8,10-15H,9H2,1-2H3,(H,30,35)(H,31,32)(H,33,34). The Bertz CT molecular complexity index is 1710. The molecule has 35 heavy (non-hydrogen) atoms. The zero-order valence-electron chi connectivity index (χ0n) is 19.3. The number of aromatic nitrogens is 6. The van der Waals surface area contributed by atoms with E-state index in [9.17, 15) is 4.79 Å². The molecule has 6 aromatic rings. The third kappa shape index (κ3) is 3.89. The maximum absolute atomic E-state index is 12.2. The van der Waals surface area contributed by atoms with Crippen molar-refractivity contribution < 1.29 is 4.79 Å². The molecule has 6 rings (SSSR count). The van der Waals surface area contributed by atoms with Gasteiger partial charge in [0.15, 0.2) is 5.82 Å². The number of hydrogen-bond acceptors (Lipinski definition) is 5.